The topological polar surface area (TPSA) is 117 Å². The van der Waals surface area contributed by atoms with Crippen LogP contribution < -0.4 is 20.1 Å². The number of halogens is 2. The fraction of sp³-hybridized carbons (Fsp3) is 0.385. The van der Waals surface area contributed by atoms with E-state index in [0.717, 1.165) is 11.1 Å². The third kappa shape index (κ3) is 13.2. The number of hydrogen-bond donors (Lipinski definition) is 2. The Morgan fingerprint density at radius 2 is 0.891 bits per heavy atom. The minimum atomic E-state index is -0.637. The Morgan fingerprint density at radius 3 is 1.25 bits per heavy atom. The van der Waals surface area contributed by atoms with Crippen molar-refractivity contribution < 1.29 is 28.7 Å². The molecule has 2 N–H and O–H groups in total. The van der Waals surface area contributed by atoms with Gasteiger partial charge in [-0.3, -0.25) is 19.2 Å². The van der Waals surface area contributed by atoms with Crippen LogP contribution in [0.2, 0.25) is 10.0 Å². The maximum absolute atomic E-state index is 13.4. The van der Waals surface area contributed by atoms with Crippen molar-refractivity contribution in [1.82, 2.24) is 20.4 Å². The van der Waals surface area contributed by atoms with E-state index >= 15 is 0 Å². The van der Waals surface area contributed by atoms with Gasteiger partial charge >= 0.3 is 0 Å². The lowest BCUT2D eigenvalue weighted by molar-refractivity contribution is -0.128. The molecule has 0 aliphatic carbocycles. The van der Waals surface area contributed by atoms with Crippen molar-refractivity contribution in [2.45, 2.75) is 104 Å². The Bertz CT molecular complexity index is 2140. The summed E-state index contributed by atoms with van der Waals surface area (Å²) < 4.78 is 12.2. The maximum atomic E-state index is 13.4. The second-order valence-electron chi connectivity index (χ2n) is 17.2. The van der Waals surface area contributed by atoms with Gasteiger partial charge in [0.05, 0.1) is 35.4 Å². The zero-order valence-electron chi connectivity index (χ0n) is 38.1. The highest BCUT2D eigenvalue weighted by atomic mass is 35.5. The molecule has 2 aliphatic heterocycles. The Labute approximate surface area is 389 Å². The van der Waals surface area contributed by atoms with E-state index in [-0.39, 0.29) is 59.8 Å². The van der Waals surface area contributed by atoms with Gasteiger partial charge in [-0.05, 0) is 98.2 Å². The molecule has 12 heteroatoms. The molecule has 0 unspecified atom stereocenters. The van der Waals surface area contributed by atoms with E-state index in [4.69, 9.17) is 32.7 Å². The summed E-state index contributed by atoms with van der Waals surface area (Å²) in [4.78, 5) is 56.7. The van der Waals surface area contributed by atoms with Crippen LogP contribution in [0.1, 0.15) is 111 Å². The molecule has 10 nitrogen and oxygen atoms in total. The fourth-order valence-electron chi connectivity index (χ4n) is 8.06. The van der Waals surface area contributed by atoms with Crippen molar-refractivity contribution in [3.63, 3.8) is 0 Å². The highest BCUT2D eigenvalue weighted by Crippen LogP contribution is 2.29. The zero-order chi connectivity index (χ0) is 46.5. The predicted octanol–water partition coefficient (Wildman–Crippen LogP) is 10.8. The van der Waals surface area contributed by atoms with Gasteiger partial charge in [0.2, 0.25) is 11.8 Å². The van der Waals surface area contributed by atoms with Gasteiger partial charge < -0.3 is 29.9 Å². The average molecular weight is 910 g/mol. The normalized spacial score (nSPS) is 23.7. The van der Waals surface area contributed by atoms with Crippen molar-refractivity contribution in [1.29, 1.82) is 0 Å². The smallest absolute Gasteiger partial charge is 0.258 e. The molecular weight excluding hydrogens is 847 g/mol. The van der Waals surface area contributed by atoms with Crippen LogP contribution in [0.25, 0.3) is 0 Å². The number of carbonyl (C=O) groups is 4. The number of nitrogens with one attached hydrogen (secondary N) is 2. The molecule has 340 valence electrons. The lowest BCUT2D eigenvalue weighted by Crippen LogP contribution is -2.51. The minimum absolute atomic E-state index is 0.0839. The first-order chi connectivity index (χ1) is 30.5. The molecule has 2 aliphatic rings. The van der Waals surface area contributed by atoms with Gasteiger partial charge in [0.1, 0.15) is 23.6 Å². The van der Waals surface area contributed by atoms with Crippen molar-refractivity contribution in [2.75, 3.05) is 14.1 Å². The largest absolute Gasteiger partial charge is 0.490 e. The summed E-state index contributed by atoms with van der Waals surface area (Å²) in [5, 5.41) is 7.55. The summed E-state index contributed by atoms with van der Waals surface area (Å²) in [6.07, 6.45) is 10.6. The van der Waals surface area contributed by atoms with E-state index < -0.39 is 12.1 Å². The Hall–Kier alpha value is -5.58. The molecule has 64 heavy (non-hydrogen) atoms. The van der Waals surface area contributed by atoms with Gasteiger partial charge in [0.15, 0.2) is 0 Å². The van der Waals surface area contributed by atoms with Gasteiger partial charge in [-0.1, -0.05) is 124 Å². The molecule has 0 saturated heterocycles. The van der Waals surface area contributed by atoms with Gasteiger partial charge in [-0.15, -0.1) is 0 Å². The van der Waals surface area contributed by atoms with Gasteiger partial charge in [0, 0.05) is 37.0 Å². The maximum Gasteiger partial charge on any atom is 0.258 e. The van der Waals surface area contributed by atoms with E-state index in [1.165, 1.54) is 9.80 Å². The number of benzene rings is 4. The average Bonchev–Trinajstić information content (AvgIpc) is 3.25. The number of rotatable bonds is 4. The Morgan fingerprint density at radius 1 is 0.531 bits per heavy atom. The third-order valence-electron chi connectivity index (χ3n) is 11.3. The van der Waals surface area contributed by atoms with Crippen LogP contribution in [-0.2, 0) is 9.59 Å². The summed E-state index contributed by atoms with van der Waals surface area (Å²) >= 11 is 12.4. The van der Waals surface area contributed by atoms with Crippen molar-refractivity contribution in [3.8, 4) is 11.5 Å². The molecule has 0 spiro atoms. The molecule has 4 aromatic rings. The number of carbonyl (C=O) groups excluding carboxylic acids is 4. The zero-order valence-corrected chi connectivity index (χ0v) is 39.6. The highest BCUT2D eigenvalue weighted by molar-refractivity contribution is 6.30. The van der Waals surface area contributed by atoms with Crippen LogP contribution in [0.15, 0.2) is 121 Å². The molecule has 0 bridgehead atoms. The highest BCUT2D eigenvalue weighted by Gasteiger charge is 2.35. The van der Waals surface area contributed by atoms with Crippen LogP contribution in [-0.4, -0.2) is 71.8 Å². The summed E-state index contributed by atoms with van der Waals surface area (Å²) in [6, 6.07) is 27.6. The molecule has 0 aromatic heterocycles. The predicted molar refractivity (Wildman–Crippen MR) is 256 cm³/mol. The monoisotopic (exact) mass is 908 g/mol. The first-order valence-corrected chi connectivity index (χ1v) is 22.8. The minimum Gasteiger partial charge on any atom is -0.490 e. The number of hydrogen-bond acceptors (Lipinski definition) is 6. The molecule has 4 aromatic carbocycles. The molecule has 2 heterocycles. The van der Waals surface area contributed by atoms with Crippen LogP contribution in [0, 0.1) is 11.8 Å². The summed E-state index contributed by atoms with van der Waals surface area (Å²) in [7, 11) is 3.35. The lowest BCUT2D eigenvalue weighted by atomic mass is 9.98. The van der Waals surface area contributed by atoms with Crippen LogP contribution in [0.5, 0.6) is 11.5 Å². The van der Waals surface area contributed by atoms with E-state index in [9.17, 15) is 19.2 Å². The number of ether oxygens (including phenoxy) is 2. The third-order valence-corrected chi connectivity index (χ3v) is 11.8. The Kier molecular flexibility index (Phi) is 18.1. The number of amides is 4. The molecule has 0 saturated carbocycles. The standard InChI is InChI=1S/2C26H31ClN2O3/c2*1-17(2)24-25(30)28-22(19-11-9-12-20(27)16-19)14-7-5-10-18(3)32-23-15-8-6-13-21(23)26(31)29(24)4/h2*5-9,11-13,15-18,22,24H,10,14H2,1-4H3,(H,28,30)/b7-5+;7-5-/t2*18-,22-,24+/m11/s1. The number of fused-ring (bicyclic) bond motifs is 2. The van der Waals surface area contributed by atoms with Crippen molar-refractivity contribution in [2.24, 2.45) is 11.8 Å². The van der Waals surface area contributed by atoms with Crippen molar-refractivity contribution >= 4 is 46.8 Å². The number of likely N-dealkylation sites (N-methyl/N-ethyl adjacent to an activating group) is 2. The quantitative estimate of drug-likeness (QED) is 0.197. The molecule has 0 fully saturated rings. The van der Waals surface area contributed by atoms with Gasteiger partial charge in [0.25, 0.3) is 11.8 Å². The molecule has 6 rings (SSSR count). The van der Waals surface area contributed by atoms with E-state index in [1.54, 1.807) is 50.5 Å². The van der Waals surface area contributed by atoms with E-state index in [2.05, 4.69) is 34.9 Å². The molecule has 6 atom stereocenters. The van der Waals surface area contributed by atoms with Crippen LogP contribution >= 0.6 is 23.2 Å². The van der Waals surface area contributed by atoms with Gasteiger partial charge in [-0.25, -0.2) is 0 Å². The first kappa shape index (κ1) is 49.4. The number of para-hydroxylation sites is 2. The fourth-order valence-corrected chi connectivity index (χ4v) is 8.46. The lowest BCUT2D eigenvalue weighted by Gasteiger charge is -2.32. The van der Waals surface area contributed by atoms with E-state index in [1.807, 2.05) is 102 Å². The first-order valence-electron chi connectivity index (χ1n) is 22.0. The SMILES string of the molecule is CC(C)[C@H]1C(=O)N[C@@H](c2cccc(Cl)c2)C/C=C/C[C@@H](C)Oc2ccccc2C(=O)N1C.CC(C)[C@H]1C(=O)N[C@@H](c2cccc(Cl)c2)C/C=C\C[C@@H](C)Oc2ccccc2C(=O)N1C. The summed E-state index contributed by atoms with van der Waals surface area (Å²) in [6.45, 7) is 11.7. The molecular formula is C52H62Cl2N4O6. The Balaban J connectivity index is 0.000000241. The molecule has 0 radical (unpaired) electrons. The second kappa shape index (κ2) is 23.4. The van der Waals surface area contributed by atoms with E-state index in [0.29, 0.717) is 58.4 Å². The van der Waals surface area contributed by atoms with Crippen molar-refractivity contribution in [3.05, 3.63) is 154 Å². The molecule has 4 amide bonds. The van der Waals surface area contributed by atoms with Crippen LogP contribution in [0.4, 0.5) is 0 Å². The number of nitrogens with zero attached hydrogens (tertiary/aromatic N) is 2. The summed E-state index contributed by atoms with van der Waals surface area (Å²) in [5.74, 6) is 0.0149. The summed E-state index contributed by atoms with van der Waals surface area (Å²) in [5.41, 5.74) is 2.75. The van der Waals surface area contributed by atoms with Crippen LogP contribution in [0.3, 0.4) is 0 Å². The van der Waals surface area contributed by atoms with Gasteiger partial charge in [-0.2, -0.15) is 0 Å². The second-order valence-corrected chi connectivity index (χ2v) is 18.0.